The summed E-state index contributed by atoms with van der Waals surface area (Å²) in [6.07, 6.45) is 3.55. The number of alkyl halides is 1. The Bertz CT molecular complexity index is 2860. The number of methoxy groups -OCH3 is 1. The summed E-state index contributed by atoms with van der Waals surface area (Å²) in [6.45, 7) is 4.91. The highest BCUT2D eigenvalue weighted by Crippen LogP contribution is 2.42. The number of hydrogen-bond donors (Lipinski definition) is 1. The van der Waals surface area contributed by atoms with Crippen molar-refractivity contribution in [3.05, 3.63) is 101 Å². The van der Waals surface area contributed by atoms with Crippen molar-refractivity contribution < 1.29 is 46.2 Å². The highest BCUT2D eigenvalue weighted by molar-refractivity contribution is 7.90. The SMILES string of the molecule is CCOc1cc([C@@H](CS(C)(=O)=O)N2C(=O)c3cccc(N4CCC(F)(CN5CCC(c6ccc(Oc7ccc8c(N9CCC(=O)NC9=O)nn(C)c8c7)cc6)CC5)CC4)c3C2=O)ccc1OC. The fraction of sp³-hybridized carbons (Fsp3) is 0.408. The van der Waals surface area contributed by atoms with Gasteiger partial charge in [-0.2, -0.15) is 5.10 Å². The number of aryl methyl sites for hydroxylation is 1. The molecule has 0 aliphatic carbocycles. The van der Waals surface area contributed by atoms with E-state index < -0.39 is 45.1 Å². The average Bonchev–Trinajstić information content (AvgIpc) is 3.76. The van der Waals surface area contributed by atoms with Gasteiger partial charge in [0.05, 0.1) is 47.8 Å². The largest absolute Gasteiger partial charge is 0.493 e. The van der Waals surface area contributed by atoms with E-state index in [1.807, 2.05) is 35.2 Å². The Morgan fingerprint density at radius 1 is 0.881 bits per heavy atom. The summed E-state index contributed by atoms with van der Waals surface area (Å²) in [4.78, 5) is 59.2. The summed E-state index contributed by atoms with van der Waals surface area (Å²) in [6, 6.07) is 22.0. The van der Waals surface area contributed by atoms with E-state index in [1.54, 1.807) is 55.1 Å². The zero-order chi connectivity index (χ0) is 47.2. The Labute approximate surface area is 388 Å². The number of aromatic nitrogens is 2. The van der Waals surface area contributed by atoms with E-state index in [-0.39, 0.29) is 42.8 Å². The molecule has 0 radical (unpaired) electrons. The van der Waals surface area contributed by atoms with E-state index >= 15 is 4.39 Å². The summed E-state index contributed by atoms with van der Waals surface area (Å²) < 4.78 is 61.2. The molecule has 0 saturated carbocycles. The number of nitrogens with one attached hydrogen (secondary N) is 1. The minimum absolute atomic E-state index is 0.186. The first-order valence-corrected chi connectivity index (χ1v) is 24.7. The molecule has 3 fully saturated rings. The Hall–Kier alpha value is -6.53. The zero-order valence-electron chi connectivity index (χ0n) is 38.0. The van der Waals surface area contributed by atoms with Crippen LogP contribution in [0.2, 0.25) is 0 Å². The molecule has 1 aromatic heterocycles. The smallest absolute Gasteiger partial charge is 0.329 e. The van der Waals surface area contributed by atoms with Gasteiger partial charge in [0.1, 0.15) is 27.0 Å². The molecule has 5 heterocycles. The molecule has 4 aliphatic rings. The number of likely N-dealkylation sites (tertiary alicyclic amines) is 1. The minimum Gasteiger partial charge on any atom is -0.493 e. The van der Waals surface area contributed by atoms with E-state index in [4.69, 9.17) is 14.2 Å². The number of ether oxygens (including phenoxy) is 3. The molecule has 1 N–H and O–H groups in total. The van der Waals surface area contributed by atoms with Crippen molar-refractivity contribution in [3.8, 4) is 23.0 Å². The standard InChI is InChI=1S/C49H54FN7O9S/c1-5-65-42-27-33(11-16-41(42)64-3)40(29-67(4,62)63)57-46(59)37-7-6-8-38(44(37)47(57)60)55-25-20-49(50,21-26-55)30-54-22-17-32(18-23-54)31-9-12-34(13-10-31)66-35-14-15-36-39(28-35)53(2)52-45(36)56-24-19-43(58)51-48(56)61/h6-16,27-28,32,40H,5,17-26,29-30H2,1-4H3,(H,51,58,61)/t40-/m1/s1. The van der Waals surface area contributed by atoms with Gasteiger partial charge < -0.3 is 24.0 Å². The predicted molar refractivity (Wildman–Crippen MR) is 250 cm³/mol. The molecule has 5 amide bonds. The number of carbonyl (C=O) groups excluding carboxylic acids is 4. The summed E-state index contributed by atoms with van der Waals surface area (Å²) in [5, 5.41) is 7.67. The van der Waals surface area contributed by atoms with Crippen LogP contribution in [0, 0.1) is 0 Å². The van der Waals surface area contributed by atoms with E-state index in [9.17, 15) is 27.6 Å². The molecule has 3 saturated heterocycles. The number of imide groups is 2. The van der Waals surface area contributed by atoms with Crippen molar-refractivity contribution in [2.24, 2.45) is 7.05 Å². The van der Waals surface area contributed by atoms with Crippen molar-refractivity contribution in [2.75, 3.05) is 74.8 Å². The van der Waals surface area contributed by atoms with E-state index in [1.165, 1.54) is 17.6 Å². The molecule has 4 aromatic carbocycles. The number of piperidine rings is 2. The van der Waals surface area contributed by atoms with Gasteiger partial charge in [-0.25, -0.2) is 17.6 Å². The van der Waals surface area contributed by atoms with Crippen LogP contribution in [0.1, 0.15) is 82.8 Å². The van der Waals surface area contributed by atoms with Gasteiger partial charge in [-0.15, -0.1) is 0 Å². The Morgan fingerprint density at radius 3 is 2.30 bits per heavy atom. The molecule has 5 aromatic rings. The van der Waals surface area contributed by atoms with Crippen LogP contribution in [0.3, 0.4) is 0 Å². The second-order valence-electron chi connectivity index (χ2n) is 17.9. The van der Waals surface area contributed by atoms with E-state index in [2.05, 4.69) is 27.4 Å². The predicted octanol–water partition coefficient (Wildman–Crippen LogP) is 6.79. The molecule has 16 nitrogen and oxygen atoms in total. The monoisotopic (exact) mass is 935 g/mol. The number of urea groups is 1. The second-order valence-corrected chi connectivity index (χ2v) is 20.1. The van der Waals surface area contributed by atoms with Gasteiger partial charge in [0.15, 0.2) is 17.3 Å². The highest BCUT2D eigenvalue weighted by Gasteiger charge is 2.45. The number of anilines is 2. The molecule has 352 valence electrons. The van der Waals surface area contributed by atoms with Crippen molar-refractivity contribution >= 4 is 56.0 Å². The quantitative estimate of drug-likeness (QED) is 0.116. The van der Waals surface area contributed by atoms with Gasteiger partial charge in [0.2, 0.25) is 5.91 Å². The molecule has 1 atom stereocenters. The maximum Gasteiger partial charge on any atom is 0.329 e. The molecule has 18 heteroatoms. The molecule has 4 aliphatic heterocycles. The number of sulfone groups is 1. The maximum absolute atomic E-state index is 16.7. The number of nitrogens with zero attached hydrogens (tertiary/aromatic N) is 6. The van der Waals surface area contributed by atoms with Gasteiger partial charge in [-0.05, 0) is 98.4 Å². The van der Waals surface area contributed by atoms with Crippen molar-refractivity contribution in [2.45, 2.75) is 56.7 Å². The Balaban J connectivity index is 0.801. The van der Waals surface area contributed by atoms with Gasteiger partial charge in [-0.1, -0.05) is 24.3 Å². The maximum atomic E-state index is 16.7. The normalized spacial score (nSPS) is 18.6. The second kappa shape index (κ2) is 18.3. The number of fused-ring (bicyclic) bond motifs is 2. The van der Waals surface area contributed by atoms with Crippen LogP contribution in [-0.4, -0.2) is 122 Å². The molecule has 67 heavy (non-hydrogen) atoms. The molecule has 9 rings (SSSR count). The third-order valence-electron chi connectivity index (χ3n) is 13.4. The fourth-order valence-electron chi connectivity index (χ4n) is 9.93. The lowest BCUT2D eigenvalue weighted by atomic mass is 9.87. The Kier molecular flexibility index (Phi) is 12.4. The van der Waals surface area contributed by atoms with Crippen LogP contribution in [0.4, 0.5) is 20.7 Å². The Morgan fingerprint density at radius 2 is 1.61 bits per heavy atom. The first kappa shape index (κ1) is 45.6. The van der Waals surface area contributed by atoms with Crippen molar-refractivity contribution in [1.29, 1.82) is 0 Å². The lowest BCUT2D eigenvalue weighted by molar-refractivity contribution is -0.120. The third-order valence-corrected chi connectivity index (χ3v) is 14.3. The number of benzene rings is 4. The summed E-state index contributed by atoms with van der Waals surface area (Å²) >= 11 is 0. The van der Waals surface area contributed by atoms with Crippen LogP contribution in [0.5, 0.6) is 23.0 Å². The van der Waals surface area contributed by atoms with Crippen molar-refractivity contribution in [3.63, 3.8) is 0 Å². The number of halogens is 1. The van der Waals surface area contributed by atoms with Gasteiger partial charge in [-0.3, -0.25) is 34.2 Å². The van der Waals surface area contributed by atoms with Gasteiger partial charge in [0, 0.05) is 70.2 Å². The lowest BCUT2D eigenvalue weighted by Crippen LogP contribution is -2.50. The first-order valence-electron chi connectivity index (χ1n) is 22.6. The lowest BCUT2D eigenvalue weighted by Gasteiger charge is -2.42. The number of hydrogen-bond acceptors (Lipinski definition) is 12. The zero-order valence-corrected chi connectivity index (χ0v) is 38.8. The number of rotatable bonds is 14. The molecular weight excluding hydrogens is 882 g/mol. The summed E-state index contributed by atoms with van der Waals surface area (Å²) in [5.74, 6) is 0.938. The molecule has 0 spiro atoms. The average molecular weight is 936 g/mol. The van der Waals surface area contributed by atoms with Crippen LogP contribution >= 0.6 is 0 Å². The minimum atomic E-state index is -3.67. The highest BCUT2D eigenvalue weighted by atomic mass is 32.2. The van der Waals surface area contributed by atoms with E-state index in [0.29, 0.717) is 72.2 Å². The first-order chi connectivity index (χ1) is 32.1. The van der Waals surface area contributed by atoms with Crippen molar-refractivity contribution in [1.82, 2.24) is 24.9 Å². The van der Waals surface area contributed by atoms with E-state index in [0.717, 1.165) is 48.0 Å². The summed E-state index contributed by atoms with van der Waals surface area (Å²) in [7, 11) is -0.386. The summed E-state index contributed by atoms with van der Waals surface area (Å²) in [5.41, 5.74) is 1.89. The fourth-order valence-corrected chi connectivity index (χ4v) is 10.8. The number of amides is 5. The molecular formula is C49H54FN7O9S. The topological polar surface area (TPSA) is 173 Å². The van der Waals surface area contributed by atoms with Gasteiger partial charge in [0.25, 0.3) is 11.8 Å². The van der Waals surface area contributed by atoms with Crippen LogP contribution < -0.4 is 29.3 Å². The third kappa shape index (κ3) is 9.28. The number of carbonyl (C=O) groups is 4. The van der Waals surface area contributed by atoms with Crippen LogP contribution in [-0.2, 0) is 21.7 Å². The molecule has 0 bridgehead atoms. The molecule has 0 unspecified atom stereocenters. The van der Waals surface area contributed by atoms with Crippen LogP contribution in [0.25, 0.3) is 10.9 Å². The van der Waals surface area contributed by atoms with Gasteiger partial charge >= 0.3 is 6.03 Å². The van der Waals surface area contributed by atoms with Crippen LogP contribution in [0.15, 0.2) is 78.9 Å².